The lowest BCUT2D eigenvalue weighted by atomic mass is 9.96. The first-order valence-corrected chi connectivity index (χ1v) is 8.88. The molecule has 25 heavy (non-hydrogen) atoms. The minimum atomic E-state index is 0.371. The molecule has 1 aliphatic heterocycles. The predicted octanol–water partition coefficient (Wildman–Crippen LogP) is 3.55. The molecule has 1 saturated heterocycles. The molecule has 0 aliphatic carbocycles. The van der Waals surface area contributed by atoms with Crippen molar-refractivity contribution in [3.8, 4) is 11.5 Å². The van der Waals surface area contributed by atoms with E-state index in [-0.39, 0.29) is 0 Å². The Morgan fingerprint density at radius 3 is 2.48 bits per heavy atom. The van der Waals surface area contributed by atoms with Crippen LogP contribution < -0.4 is 0 Å². The topological polar surface area (TPSA) is 55.1 Å². The summed E-state index contributed by atoms with van der Waals surface area (Å²) in [4.78, 5) is 6.55. The van der Waals surface area contributed by atoms with Gasteiger partial charge in [-0.25, -0.2) is 0 Å². The second-order valence-electron chi connectivity index (χ2n) is 6.53. The van der Waals surface area contributed by atoms with E-state index < -0.39 is 0 Å². The normalized spacial score (nSPS) is 16.2. The van der Waals surface area contributed by atoms with Crippen molar-refractivity contribution in [2.45, 2.75) is 25.2 Å². The summed E-state index contributed by atoms with van der Waals surface area (Å²) in [5.74, 6) is 1.73. The average Bonchev–Trinajstić information content (AvgIpc) is 3.19. The lowest BCUT2D eigenvalue weighted by Crippen LogP contribution is -2.34. The standard InChI is InChI=1S/C20H22N4O/c1-2-4-16(5-3-1)8-13-24-14-9-18(10-15-24)20-23-22-19(25-20)17-6-11-21-12-7-17/h1-7,11-12,18H,8-10,13-15H2. The summed E-state index contributed by atoms with van der Waals surface area (Å²) in [5, 5.41) is 8.48. The van der Waals surface area contributed by atoms with Gasteiger partial charge in [0.05, 0.1) is 0 Å². The minimum Gasteiger partial charge on any atom is -0.420 e. The van der Waals surface area contributed by atoms with Crippen LogP contribution >= 0.6 is 0 Å². The Bertz CT molecular complexity index is 780. The maximum absolute atomic E-state index is 5.91. The number of likely N-dealkylation sites (tertiary alicyclic amines) is 1. The maximum atomic E-state index is 5.91. The largest absolute Gasteiger partial charge is 0.420 e. The Hall–Kier alpha value is -2.53. The molecule has 5 nitrogen and oxygen atoms in total. The second-order valence-corrected chi connectivity index (χ2v) is 6.53. The number of aromatic nitrogens is 3. The zero-order chi connectivity index (χ0) is 16.9. The molecule has 0 radical (unpaired) electrons. The van der Waals surface area contributed by atoms with E-state index in [0.29, 0.717) is 11.8 Å². The summed E-state index contributed by atoms with van der Waals surface area (Å²) in [7, 11) is 0. The van der Waals surface area contributed by atoms with Crippen molar-refractivity contribution in [3.63, 3.8) is 0 Å². The first-order valence-electron chi connectivity index (χ1n) is 8.88. The molecule has 0 atom stereocenters. The monoisotopic (exact) mass is 334 g/mol. The summed E-state index contributed by atoms with van der Waals surface area (Å²) >= 11 is 0. The zero-order valence-electron chi connectivity index (χ0n) is 14.2. The molecule has 4 rings (SSSR count). The lowest BCUT2D eigenvalue weighted by molar-refractivity contribution is 0.202. The first kappa shape index (κ1) is 16.0. The number of hydrogen-bond acceptors (Lipinski definition) is 5. The van der Waals surface area contributed by atoms with Gasteiger partial charge in [-0.2, -0.15) is 0 Å². The van der Waals surface area contributed by atoms with Gasteiger partial charge < -0.3 is 9.32 Å². The van der Waals surface area contributed by atoms with E-state index in [0.717, 1.165) is 50.4 Å². The SMILES string of the molecule is c1ccc(CCN2CCC(c3nnc(-c4ccncc4)o3)CC2)cc1. The van der Waals surface area contributed by atoms with Crippen molar-refractivity contribution in [3.05, 3.63) is 66.3 Å². The number of rotatable bonds is 5. The molecule has 1 fully saturated rings. The number of pyridine rings is 1. The fraction of sp³-hybridized carbons (Fsp3) is 0.350. The van der Waals surface area contributed by atoms with Gasteiger partial charge in [-0.05, 0) is 50.0 Å². The van der Waals surface area contributed by atoms with Crippen LogP contribution in [0.25, 0.3) is 11.5 Å². The second kappa shape index (κ2) is 7.57. The highest BCUT2D eigenvalue weighted by molar-refractivity contribution is 5.50. The highest BCUT2D eigenvalue weighted by atomic mass is 16.4. The molecule has 3 aromatic rings. The van der Waals surface area contributed by atoms with Crippen LogP contribution in [0.4, 0.5) is 0 Å². The van der Waals surface area contributed by atoms with Crippen molar-refractivity contribution in [2.75, 3.05) is 19.6 Å². The van der Waals surface area contributed by atoms with Crippen molar-refractivity contribution in [1.82, 2.24) is 20.1 Å². The van der Waals surface area contributed by atoms with Gasteiger partial charge in [0.25, 0.3) is 0 Å². The molecule has 3 heterocycles. The minimum absolute atomic E-state index is 0.371. The van der Waals surface area contributed by atoms with Gasteiger partial charge in [0, 0.05) is 30.4 Å². The van der Waals surface area contributed by atoms with Crippen molar-refractivity contribution in [1.29, 1.82) is 0 Å². The molecule has 0 bridgehead atoms. The van der Waals surface area contributed by atoms with Crippen LogP contribution in [-0.2, 0) is 6.42 Å². The number of benzene rings is 1. The van der Waals surface area contributed by atoms with E-state index in [9.17, 15) is 0 Å². The third-order valence-corrected chi connectivity index (χ3v) is 4.86. The third-order valence-electron chi connectivity index (χ3n) is 4.86. The molecule has 0 spiro atoms. The summed E-state index contributed by atoms with van der Waals surface area (Å²) in [6.07, 6.45) is 6.74. The summed E-state index contributed by atoms with van der Waals surface area (Å²) in [6, 6.07) is 14.5. The molecule has 1 aromatic carbocycles. The predicted molar refractivity (Wildman–Crippen MR) is 96.1 cm³/mol. The van der Waals surface area contributed by atoms with E-state index in [4.69, 9.17) is 4.42 Å². The Kier molecular flexibility index (Phi) is 4.84. The van der Waals surface area contributed by atoms with E-state index in [1.54, 1.807) is 12.4 Å². The van der Waals surface area contributed by atoms with Crippen LogP contribution in [0.5, 0.6) is 0 Å². The van der Waals surface area contributed by atoms with E-state index >= 15 is 0 Å². The van der Waals surface area contributed by atoms with Gasteiger partial charge in [0.2, 0.25) is 11.8 Å². The van der Waals surface area contributed by atoms with Crippen molar-refractivity contribution >= 4 is 0 Å². The highest BCUT2D eigenvalue weighted by Crippen LogP contribution is 2.29. The Morgan fingerprint density at radius 1 is 0.960 bits per heavy atom. The van der Waals surface area contributed by atoms with Crippen LogP contribution in [-0.4, -0.2) is 39.7 Å². The van der Waals surface area contributed by atoms with Gasteiger partial charge in [0.15, 0.2) is 0 Å². The Balaban J connectivity index is 1.31. The molecular formula is C20H22N4O. The van der Waals surface area contributed by atoms with Crippen LogP contribution in [0, 0.1) is 0 Å². The molecular weight excluding hydrogens is 312 g/mol. The van der Waals surface area contributed by atoms with Gasteiger partial charge in [-0.1, -0.05) is 30.3 Å². The fourth-order valence-corrected chi connectivity index (χ4v) is 3.35. The molecule has 2 aromatic heterocycles. The van der Waals surface area contributed by atoms with Crippen LogP contribution in [0.1, 0.15) is 30.2 Å². The molecule has 128 valence electrons. The highest BCUT2D eigenvalue weighted by Gasteiger charge is 2.25. The Morgan fingerprint density at radius 2 is 1.72 bits per heavy atom. The molecule has 5 heteroatoms. The van der Waals surface area contributed by atoms with Crippen LogP contribution in [0.15, 0.2) is 59.3 Å². The van der Waals surface area contributed by atoms with E-state index in [1.807, 2.05) is 12.1 Å². The van der Waals surface area contributed by atoms with Crippen LogP contribution in [0.3, 0.4) is 0 Å². The van der Waals surface area contributed by atoms with E-state index in [2.05, 4.69) is 50.4 Å². The maximum Gasteiger partial charge on any atom is 0.247 e. The molecule has 0 unspecified atom stereocenters. The zero-order valence-corrected chi connectivity index (χ0v) is 14.2. The number of nitrogens with zero attached hydrogens (tertiary/aromatic N) is 4. The average molecular weight is 334 g/mol. The van der Waals surface area contributed by atoms with Crippen molar-refractivity contribution in [2.24, 2.45) is 0 Å². The van der Waals surface area contributed by atoms with E-state index in [1.165, 1.54) is 5.56 Å². The van der Waals surface area contributed by atoms with Gasteiger partial charge >= 0.3 is 0 Å². The quantitative estimate of drug-likeness (QED) is 0.714. The smallest absolute Gasteiger partial charge is 0.247 e. The molecule has 1 aliphatic rings. The van der Waals surface area contributed by atoms with Gasteiger partial charge in [-0.15, -0.1) is 10.2 Å². The molecule has 0 amide bonds. The third kappa shape index (κ3) is 3.94. The Labute approximate surface area is 147 Å². The first-order chi connectivity index (χ1) is 12.4. The molecule has 0 saturated carbocycles. The summed E-state index contributed by atoms with van der Waals surface area (Å²) in [6.45, 7) is 3.29. The molecule has 0 N–H and O–H groups in total. The number of piperidine rings is 1. The van der Waals surface area contributed by atoms with Crippen LogP contribution in [0.2, 0.25) is 0 Å². The fourth-order valence-electron chi connectivity index (χ4n) is 3.35. The van der Waals surface area contributed by atoms with Gasteiger partial charge in [-0.3, -0.25) is 4.98 Å². The van der Waals surface area contributed by atoms with Crippen molar-refractivity contribution < 1.29 is 4.42 Å². The summed E-state index contributed by atoms with van der Waals surface area (Å²) < 4.78 is 5.91. The van der Waals surface area contributed by atoms with Gasteiger partial charge in [0.1, 0.15) is 0 Å². The lowest BCUT2D eigenvalue weighted by Gasteiger charge is -2.30. The number of hydrogen-bond donors (Lipinski definition) is 0. The summed E-state index contributed by atoms with van der Waals surface area (Å²) in [5.41, 5.74) is 2.33.